The van der Waals surface area contributed by atoms with E-state index in [1.807, 2.05) is 13.8 Å². The molecule has 1 heterocycles. The van der Waals surface area contributed by atoms with Crippen LogP contribution in [0.1, 0.15) is 40.0 Å². The monoisotopic (exact) mass is 281 g/mol. The number of nitrogens with zero attached hydrogens (tertiary/aromatic N) is 2. The van der Waals surface area contributed by atoms with E-state index in [1.54, 1.807) is 16.8 Å². The summed E-state index contributed by atoms with van der Waals surface area (Å²) in [5.74, 6) is 0.322. The van der Waals surface area contributed by atoms with Crippen LogP contribution in [-0.4, -0.2) is 53.3 Å². The van der Waals surface area contributed by atoms with Crippen LogP contribution in [0.15, 0.2) is 0 Å². The molecule has 114 valence electrons. The van der Waals surface area contributed by atoms with Crippen LogP contribution in [0.3, 0.4) is 0 Å². The highest BCUT2D eigenvalue weighted by molar-refractivity contribution is 5.92. The molecule has 1 saturated heterocycles. The second kappa shape index (κ2) is 5.35. The topological polar surface area (TPSA) is 66.6 Å². The van der Waals surface area contributed by atoms with E-state index < -0.39 is 5.54 Å². The lowest BCUT2D eigenvalue weighted by Crippen LogP contribution is -2.65. The zero-order valence-corrected chi connectivity index (χ0v) is 13.1. The Balaban J connectivity index is 2.18. The Labute approximate surface area is 121 Å². The van der Waals surface area contributed by atoms with Crippen molar-refractivity contribution in [2.75, 3.05) is 20.1 Å². The van der Waals surface area contributed by atoms with Crippen molar-refractivity contribution in [3.05, 3.63) is 0 Å². The molecule has 3 atom stereocenters. The molecule has 20 heavy (non-hydrogen) atoms. The molecule has 2 fully saturated rings. The van der Waals surface area contributed by atoms with Crippen molar-refractivity contribution in [1.29, 1.82) is 0 Å². The first-order chi connectivity index (χ1) is 9.26. The summed E-state index contributed by atoms with van der Waals surface area (Å²) in [6, 6.07) is -0.0817. The van der Waals surface area contributed by atoms with Gasteiger partial charge in [-0.15, -0.1) is 0 Å². The molecule has 5 nitrogen and oxygen atoms in total. The first-order valence-corrected chi connectivity index (χ1v) is 7.59. The number of carbonyl (C=O) groups is 2. The molecule has 5 heteroatoms. The summed E-state index contributed by atoms with van der Waals surface area (Å²) in [6.45, 7) is 6.99. The number of hydrogen-bond acceptors (Lipinski definition) is 3. The van der Waals surface area contributed by atoms with Crippen LogP contribution in [0.2, 0.25) is 0 Å². The van der Waals surface area contributed by atoms with Crippen molar-refractivity contribution < 1.29 is 9.59 Å². The molecule has 2 aliphatic rings. The first kappa shape index (κ1) is 15.3. The highest BCUT2D eigenvalue weighted by atomic mass is 16.2. The van der Waals surface area contributed by atoms with Crippen molar-refractivity contribution in [3.63, 3.8) is 0 Å². The van der Waals surface area contributed by atoms with Gasteiger partial charge in [-0.1, -0.05) is 13.3 Å². The van der Waals surface area contributed by atoms with Gasteiger partial charge in [0.15, 0.2) is 0 Å². The van der Waals surface area contributed by atoms with Gasteiger partial charge < -0.3 is 15.5 Å². The third kappa shape index (κ3) is 2.43. The Bertz CT molecular complexity index is 408. The third-order valence-corrected chi connectivity index (χ3v) is 5.08. The third-order valence-electron chi connectivity index (χ3n) is 5.08. The van der Waals surface area contributed by atoms with E-state index in [1.165, 1.54) is 0 Å². The molecular formula is C15H27N3O2. The summed E-state index contributed by atoms with van der Waals surface area (Å²) < 4.78 is 0. The molecule has 2 rings (SSSR count). The number of piperazine rings is 1. The molecule has 0 aromatic rings. The fourth-order valence-corrected chi connectivity index (χ4v) is 3.53. The molecule has 0 spiro atoms. The van der Waals surface area contributed by atoms with Gasteiger partial charge in [0, 0.05) is 26.2 Å². The highest BCUT2D eigenvalue weighted by Gasteiger charge is 2.46. The highest BCUT2D eigenvalue weighted by Crippen LogP contribution is 2.32. The Morgan fingerprint density at radius 2 is 1.95 bits per heavy atom. The molecule has 0 radical (unpaired) electrons. The van der Waals surface area contributed by atoms with Gasteiger partial charge in [0.1, 0.15) is 5.54 Å². The molecule has 2 amide bonds. The van der Waals surface area contributed by atoms with Gasteiger partial charge in [0.05, 0.1) is 5.92 Å². The van der Waals surface area contributed by atoms with Gasteiger partial charge in [-0.05, 0) is 32.6 Å². The van der Waals surface area contributed by atoms with Gasteiger partial charge in [-0.3, -0.25) is 9.59 Å². The van der Waals surface area contributed by atoms with Crippen LogP contribution < -0.4 is 5.73 Å². The molecule has 2 N–H and O–H groups in total. The molecule has 1 aliphatic heterocycles. The molecule has 0 aromatic heterocycles. The van der Waals surface area contributed by atoms with Gasteiger partial charge in [0.2, 0.25) is 11.8 Å². The molecule has 3 unspecified atom stereocenters. The van der Waals surface area contributed by atoms with Crippen molar-refractivity contribution >= 4 is 11.8 Å². The number of rotatable bonds is 1. The smallest absolute Gasteiger partial charge is 0.247 e. The summed E-state index contributed by atoms with van der Waals surface area (Å²) in [5.41, 5.74) is 5.48. The SMILES string of the molecule is CC1CCCC(C(=O)N2CCN(C)C(=O)C2(C)C)C1N. The number of hydrogen-bond donors (Lipinski definition) is 1. The largest absolute Gasteiger partial charge is 0.342 e. The molecular weight excluding hydrogens is 254 g/mol. The molecule has 0 bridgehead atoms. The zero-order chi connectivity index (χ0) is 15.1. The fourth-order valence-electron chi connectivity index (χ4n) is 3.53. The lowest BCUT2D eigenvalue weighted by Gasteiger charge is -2.47. The Morgan fingerprint density at radius 1 is 1.30 bits per heavy atom. The van der Waals surface area contributed by atoms with E-state index in [0.29, 0.717) is 19.0 Å². The van der Waals surface area contributed by atoms with E-state index in [9.17, 15) is 9.59 Å². The Morgan fingerprint density at radius 3 is 2.60 bits per heavy atom. The van der Waals surface area contributed by atoms with Crippen LogP contribution in [0.25, 0.3) is 0 Å². The minimum absolute atomic E-state index is 0.00882. The Kier molecular flexibility index (Phi) is 4.09. The summed E-state index contributed by atoms with van der Waals surface area (Å²) in [7, 11) is 1.79. The summed E-state index contributed by atoms with van der Waals surface area (Å²) >= 11 is 0. The second-order valence-corrected chi connectivity index (χ2v) is 6.87. The van der Waals surface area contributed by atoms with Crippen LogP contribution in [-0.2, 0) is 9.59 Å². The lowest BCUT2D eigenvalue weighted by molar-refractivity contribution is -0.160. The van der Waals surface area contributed by atoms with E-state index >= 15 is 0 Å². The minimum atomic E-state index is -0.759. The van der Waals surface area contributed by atoms with Crippen molar-refractivity contribution in [2.45, 2.75) is 51.6 Å². The maximum Gasteiger partial charge on any atom is 0.247 e. The van der Waals surface area contributed by atoms with E-state index in [4.69, 9.17) is 5.73 Å². The predicted molar refractivity (Wildman–Crippen MR) is 77.9 cm³/mol. The number of amides is 2. The van der Waals surface area contributed by atoms with Crippen LogP contribution in [0, 0.1) is 11.8 Å². The average molecular weight is 281 g/mol. The maximum atomic E-state index is 12.9. The normalized spacial score (nSPS) is 34.2. The molecule has 1 saturated carbocycles. The number of carbonyl (C=O) groups excluding carboxylic acids is 2. The van der Waals surface area contributed by atoms with E-state index in [0.717, 1.165) is 19.3 Å². The average Bonchev–Trinajstić information content (AvgIpc) is 2.39. The quantitative estimate of drug-likeness (QED) is 0.774. The van der Waals surface area contributed by atoms with Crippen LogP contribution >= 0.6 is 0 Å². The maximum absolute atomic E-state index is 12.9. The second-order valence-electron chi connectivity index (χ2n) is 6.87. The Hall–Kier alpha value is -1.10. The molecule has 0 aromatic carbocycles. The minimum Gasteiger partial charge on any atom is -0.342 e. The van der Waals surface area contributed by atoms with Crippen molar-refractivity contribution in [1.82, 2.24) is 9.80 Å². The van der Waals surface area contributed by atoms with Gasteiger partial charge in [-0.25, -0.2) is 0 Å². The molecule has 1 aliphatic carbocycles. The van der Waals surface area contributed by atoms with Crippen molar-refractivity contribution in [2.24, 2.45) is 17.6 Å². The fraction of sp³-hybridized carbons (Fsp3) is 0.867. The van der Waals surface area contributed by atoms with Gasteiger partial charge in [0.25, 0.3) is 0 Å². The van der Waals surface area contributed by atoms with E-state index in [-0.39, 0.29) is 23.8 Å². The van der Waals surface area contributed by atoms with Crippen molar-refractivity contribution in [3.8, 4) is 0 Å². The van der Waals surface area contributed by atoms with E-state index in [2.05, 4.69) is 6.92 Å². The van der Waals surface area contributed by atoms with Gasteiger partial charge in [-0.2, -0.15) is 0 Å². The number of nitrogens with two attached hydrogens (primary N) is 1. The van der Waals surface area contributed by atoms with Gasteiger partial charge >= 0.3 is 0 Å². The first-order valence-electron chi connectivity index (χ1n) is 7.59. The predicted octanol–water partition coefficient (Wildman–Crippen LogP) is 0.829. The van der Waals surface area contributed by atoms with Crippen LogP contribution in [0.4, 0.5) is 0 Å². The summed E-state index contributed by atoms with van der Waals surface area (Å²) in [6.07, 6.45) is 2.99. The standard InChI is InChI=1S/C15H27N3O2/c1-10-6-5-7-11(12(10)16)13(19)18-9-8-17(4)14(20)15(18,2)3/h10-12H,5-9,16H2,1-4H3. The lowest BCUT2D eigenvalue weighted by atomic mass is 9.77. The van der Waals surface area contributed by atoms with Crippen LogP contribution in [0.5, 0.6) is 0 Å². The zero-order valence-electron chi connectivity index (χ0n) is 13.1. The number of likely N-dealkylation sites (N-methyl/N-ethyl adjacent to an activating group) is 1. The summed E-state index contributed by atoms with van der Waals surface area (Å²) in [5, 5.41) is 0. The summed E-state index contributed by atoms with van der Waals surface area (Å²) in [4.78, 5) is 28.6.